The Balaban J connectivity index is 2.34. The molecule has 1 aromatic rings. The summed E-state index contributed by atoms with van der Waals surface area (Å²) in [5, 5.41) is 14.7. The maximum Gasteiger partial charge on any atom is 0.408 e. The molecule has 11 heteroatoms. The first-order valence-corrected chi connectivity index (χ1v) is 11.2. The summed E-state index contributed by atoms with van der Waals surface area (Å²) in [5.41, 5.74) is -0.321. The molecule has 0 heterocycles. The van der Waals surface area contributed by atoms with E-state index in [4.69, 9.17) is 4.74 Å². The molecule has 3 N–H and O–H groups in total. The molecular formula is C22H31N3O7S. The van der Waals surface area contributed by atoms with E-state index in [1.54, 1.807) is 20.8 Å². The summed E-state index contributed by atoms with van der Waals surface area (Å²) < 4.78 is 9.82. The van der Waals surface area contributed by atoms with Crippen LogP contribution in [-0.2, 0) is 23.9 Å². The van der Waals surface area contributed by atoms with Crippen LogP contribution in [0.25, 0.3) is 0 Å². The maximum atomic E-state index is 13.5. The summed E-state index contributed by atoms with van der Waals surface area (Å²) in [6.07, 6.45) is 0.578. The van der Waals surface area contributed by atoms with Gasteiger partial charge in [0.25, 0.3) is 0 Å². The molecule has 1 aromatic carbocycles. The summed E-state index contributed by atoms with van der Waals surface area (Å²) in [6.45, 7) is 4.73. The van der Waals surface area contributed by atoms with E-state index in [2.05, 4.69) is 28.0 Å². The number of hydrogen-bond donors (Lipinski definition) is 4. The van der Waals surface area contributed by atoms with Crippen LogP contribution in [0.3, 0.4) is 0 Å². The number of amides is 3. The Bertz CT molecular complexity index is 866. The third kappa shape index (κ3) is 7.85. The quantitative estimate of drug-likeness (QED) is 0.310. The first-order valence-electron chi connectivity index (χ1n) is 10.5. The number of nitrogens with one attached hydrogen (secondary N) is 2. The monoisotopic (exact) mass is 481 g/mol. The molecule has 2 atom stereocenters. The van der Waals surface area contributed by atoms with Crippen molar-refractivity contribution < 1.29 is 33.8 Å². The average molecular weight is 482 g/mol. The van der Waals surface area contributed by atoms with Gasteiger partial charge in [-0.2, -0.15) is 12.6 Å². The minimum atomic E-state index is -1.10. The number of carbonyl (C=O) groups excluding carboxylic acids is 4. The van der Waals surface area contributed by atoms with Crippen LogP contribution in [0.1, 0.15) is 45.2 Å². The number of phenolic OH excluding ortho intramolecular Hbond substituents is 1. The number of methoxy groups -OCH3 is 1. The molecule has 1 saturated carbocycles. The van der Waals surface area contributed by atoms with Gasteiger partial charge >= 0.3 is 12.1 Å². The van der Waals surface area contributed by atoms with Crippen LogP contribution < -0.4 is 10.6 Å². The predicted octanol–water partition coefficient (Wildman–Crippen LogP) is 1.54. The van der Waals surface area contributed by atoms with Gasteiger partial charge in [0.05, 0.1) is 7.11 Å². The normalized spacial score (nSPS) is 15.1. The van der Waals surface area contributed by atoms with Gasteiger partial charge in [0.15, 0.2) is 0 Å². The number of nitrogens with zero attached hydrogens (tertiary/aromatic N) is 1. The number of ether oxygens (including phenoxy) is 2. The van der Waals surface area contributed by atoms with Crippen molar-refractivity contribution in [2.24, 2.45) is 0 Å². The first kappa shape index (κ1) is 26.3. The van der Waals surface area contributed by atoms with Gasteiger partial charge in [-0.1, -0.05) is 12.1 Å². The van der Waals surface area contributed by atoms with E-state index in [0.717, 1.165) is 0 Å². The number of rotatable bonds is 9. The van der Waals surface area contributed by atoms with Crippen LogP contribution in [-0.4, -0.2) is 71.0 Å². The number of thiol groups is 1. The van der Waals surface area contributed by atoms with E-state index in [0.29, 0.717) is 18.4 Å². The smallest absolute Gasteiger partial charge is 0.408 e. The van der Waals surface area contributed by atoms with Crippen molar-refractivity contribution in [2.75, 3.05) is 19.4 Å². The highest BCUT2D eigenvalue weighted by atomic mass is 32.1. The SMILES string of the molecule is COC(=O)CNC(=O)C(c1ccc(O)cc1)N(C(=O)C(CS)NC(=O)OC(C)(C)C)C1CC1. The number of aromatic hydroxyl groups is 1. The van der Waals surface area contributed by atoms with Crippen LogP contribution in [0.2, 0.25) is 0 Å². The predicted molar refractivity (Wildman–Crippen MR) is 123 cm³/mol. The minimum Gasteiger partial charge on any atom is -0.508 e. The second-order valence-electron chi connectivity index (χ2n) is 8.65. The molecule has 1 aliphatic rings. The maximum absolute atomic E-state index is 13.5. The van der Waals surface area contributed by atoms with Crippen molar-refractivity contribution in [2.45, 2.75) is 57.3 Å². The zero-order valence-electron chi connectivity index (χ0n) is 19.2. The Hall–Kier alpha value is -2.95. The first-order chi connectivity index (χ1) is 15.5. The lowest BCUT2D eigenvalue weighted by atomic mass is 10.0. The molecule has 3 amide bonds. The largest absolute Gasteiger partial charge is 0.508 e. The van der Waals surface area contributed by atoms with Crippen molar-refractivity contribution in [1.82, 2.24) is 15.5 Å². The average Bonchev–Trinajstić information content (AvgIpc) is 3.58. The van der Waals surface area contributed by atoms with Crippen molar-refractivity contribution in [3.8, 4) is 5.75 Å². The van der Waals surface area contributed by atoms with E-state index < -0.39 is 41.6 Å². The molecule has 0 aromatic heterocycles. The van der Waals surface area contributed by atoms with Gasteiger partial charge in [-0.25, -0.2) is 4.79 Å². The van der Waals surface area contributed by atoms with E-state index in [1.807, 2.05) is 0 Å². The molecule has 0 radical (unpaired) electrons. The number of benzene rings is 1. The van der Waals surface area contributed by atoms with Crippen LogP contribution >= 0.6 is 12.6 Å². The highest BCUT2D eigenvalue weighted by Crippen LogP contribution is 2.36. The topological polar surface area (TPSA) is 134 Å². The van der Waals surface area contributed by atoms with Crippen molar-refractivity contribution in [3.05, 3.63) is 29.8 Å². The Morgan fingerprint density at radius 3 is 2.27 bits per heavy atom. The van der Waals surface area contributed by atoms with E-state index >= 15 is 0 Å². The second-order valence-corrected chi connectivity index (χ2v) is 9.01. The van der Waals surface area contributed by atoms with Crippen molar-refractivity contribution in [3.63, 3.8) is 0 Å². The molecule has 10 nitrogen and oxygen atoms in total. The van der Waals surface area contributed by atoms with Gasteiger partial charge < -0.3 is 30.1 Å². The van der Waals surface area contributed by atoms with Gasteiger partial charge in [0.1, 0.15) is 30.0 Å². The number of phenols is 1. The van der Waals surface area contributed by atoms with Gasteiger partial charge in [-0.3, -0.25) is 14.4 Å². The van der Waals surface area contributed by atoms with E-state index in [-0.39, 0.29) is 24.1 Å². The number of carbonyl (C=O) groups is 4. The summed E-state index contributed by atoms with van der Waals surface area (Å²) in [7, 11) is 1.20. The highest BCUT2D eigenvalue weighted by Gasteiger charge is 2.43. The summed E-state index contributed by atoms with van der Waals surface area (Å²) in [6, 6.07) is 3.48. The molecule has 33 heavy (non-hydrogen) atoms. The Morgan fingerprint density at radius 1 is 1.18 bits per heavy atom. The summed E-state index contributed by atoms with van der Waals surface area (Å²) in [5.74, 6) is -1.77. The van der Waals surface area contributed by atoms with Gasteiger partial charge in [-0.15, -0.1) is 0 Å². The van der Waals surface area contributed by atoms with E-state index in [1.165, 1.54) is 36.3 Å². The van der Waals surface area contributed by atoms with Crippen LogP contribution in [0.15, 0.2) is 24.3 Å². The fourth-order valence-electron chi connectivity index (χ4n) is 3.11. The molecule has 0 spiro atoms. The highest BCUT2D eigenvalue weighted by molar-refractivity contribution is 7.80. The standard InChI is InChI=1S/C22H31N3O7S/c1-22(2,3)32-21(30)24-16(12-33)20(29)25(14-7-8-14)18(13-5-9-15(26)10-6-13)19(28)23-11-17(27)31-4/h5-6,9-10,14,16,18,26,33H,7-8,11-12H2,1-4H3,(H,23,28)(H,24,30). The summed E-state index contributed by atoms with van der Waals surface area (Å²) in [4.78, 5) is 51.9. The molecular weight excluding hydrogens is 450 g/mol. The summed E-state index contributed by atoms with van der Waals surface area (Å²) >= 11 is 4.21. The molecule has 2 rings (SSSR count). The number of esters is 1. The number of alkyl carbamates (subject to hydrolysis) is 1. The Morgan fingerprint density at radius 2 is 1.79 bits per heavy atom. The molecule has 0 saturated heterocycles. The number of hydrogen-bond acceptors (Lipinski definition) is 8. The van der Waals surface area contributed by atoms with Gasteiger partial charge in [0, 0.05) is 11.8 Å². The fraction of sp³-hybridized carbons (Fsp3) is 0.545. The molecule has 1 fully saturated rings. The Labute approximate surface area is 198 Å². The second kappa shape index (κ2) is 11.3. The van der Waals surface area contributed by atoms with Crippen LogP contribution in [0.4, 0.5) is 4.79 Å². The van der Waals surface area contributed by atoms with Crippen molar-refractivity contribution in [1.29, 1.82) is 0 Å². The third-order valence-electron chi connectivity index (χ3n) is 4.74. The Kier molecular flexibility index (Phi) is 8.98. The third-order valence-corrected chi connectivity index (χ3v) is 5.10. The fourth-order valence-corrected chi connectivity index (χ4v) is 3.36. The lowest BCUT2D eigenvalue weighted by Gasteiger charge is -2.34. The van der Waals surface area contributed by atoms with Crippen LogP contribution in [0.5, 0.6) is 5.75 Å². The zero-order chi connectivity index (χ0) is 24.8. The lowest BCUT2D eigenvalue weighted by molar-refractivity contribution is -0.145. The van der Waals surface area contributed by atoms with Crippen LogP contribution in [0, 0.1) is 0 Å². The zero-order valence-corrected chi connectivity index (χ0v) is 20.1. The van der Waals surface area contributed by atoms with Gasteiger partial charge in [-0.05, 0) is 51.3 Å². The molecule has 0 bridgehead atoms. The molecule has 0 aliphatic heterocycles. The van der Waals surface area contributed by atoms with Gasteiger partial charge in [0.2, 0.25) is 11.8 Å². The van der Waals surface area contributed by atoms with E-state index in [9.17, 15) is 24.3 Å². The molecule has 2 unspecified atom stereocenters. The minimum absolute atomic E-state index is 0.00315. The molecule has 1 aliphatic carbocycles. The molecule has 182 valence electrons. The van der Waals surface area contributed by atoms with Crippen molar-refractivity contribution >= 4 is 36.5 Å². The lowest BCUT2D eigenvalue weighted by Crippen LogP contribution is -2.54.